The van der Waals surface area contributed by atoms with E-state index in [1.54, 1.807) is 6.08 Å². The first-order valence-electron chi connectivity index (χ1n) is 9.38. The molecule has 3 aromatic rings. The summed E-state index contributed by atoms with van der Waals surface area (Å²) < 4.78 is 5.64. The van der Waals surface area contributed by atoms with Crippen LogP contribution in [0.15, 0.2) is 60.0 Å². The van der Waals surface area contributed by atoms with Crippen molar-refractivity contribution in [2.45, 2.75) is 26.7 Å². The number of amides is 1. The summed E-state index contributed by atoms with van der Waals surface area (Å²) >= 11 is 1.42. The highest BCUT2D eigenvalue weighted by atomic mass is 32.1. The van der Waals surface area contributed by atoms with Crippen LogP contribution in [-0.4, -0.2) is 17.5 Å². The van der Waals surface area contributed by atoms with E-state index in [1.807, 2.05) is 41.8 Å². The Morgan fingerprint density at radius 2 is 1.89 bits per heavy atom. The van der Waals surface area contributed by atoms with E-state index in [1.165, 1.54) is 23.0 Å². The van der Waals surface area contributed by atoms with Crippen molar-refractivity contribution in [3.8, 4) is 17.0 Å². The van der Waals surface area contributed by atoms with Crippen molar-refractivity contribution in [2.24, 2.45) is 0 Å². The zero-order chi connectivity index (χ0) is 19.8. The number of anilines is 1. The molecule has 0 aliphatic rings. The summed E-state index contributed by atoms with van der Waals surface area (Å²) in [5.74, 6) is 0.648. The lowest BCUT2D eigenvalue weighted by Crippen LogP contribution is -2.07. The molecule has 0 aliphatic carbocycles. The molecule has 0 saturated heterocycles. The lowest BCUT2D eigenvalue weighted by Gasteiger charge is -2.05. The normalized spacial score (nSPS) is 10.9. The van der Waals surface area contributed by atoms with Gasteiger partial charge in [0, 0.05) is 17.0 Å². The molecule has 144 valence electrons. The van der Waals surface area contributed by atoms with Crippen molar-refractivity contribution in [1.29, 1.82) is 0 Å². The zero-order valence-corrected chi connectivity index (χ0v) is 17.0. The Labute approximate surface area is 169 Å². The molecule has 0 bridgehead atoms. The molecule has 0 fully saturated rings. The van der Waals surface area contributed by atoms with Gasteiger partial charge in [-0.2, -0.15) is 0 Å². The van der Waals surface area contributed by atoms with Crippen LogP contribution in [0.5, 0.6) is 5.75 Å². The highest BCUT2D eigenvalue weighted by Gasteiger charge is 2.06. The van der Waals surface area contributed by atoms with Gasteiger partial charge >= 0.3 is 0 Å². The van der Waals surface area contributed by atoms with Crippen molar-refractivity contribution in [1.82, 2.24) is 4.98 Å². The Hall–Kier alpha value is -2.92. The van der Waals surface area contributed by atoms with E-state index in [4.69, 9.17) is 4.74 Å². The molecule has 0 aliphatic heterocycles. The third-order valence-corrected chi connectivity index (χ3v) is 4.91. The van der Waals surface area contributed by atoms with E-state index in [9.17, 15) is 4.79 Å². The monoisotopic (exact) mass is 392 g/mol. The van der Waals surface area contributed by atoms with Crippen LogP contribution >= 0.6 is 11.3 Å². The summed E-state index contributed by atoms with van der Waals surface area (Å²) in [6, 6.07) is 15.9. The number of benzene rings is 2. The SMILES string of the molecule is CCCCOc1ccc(/C=C/C(=O)Nc2nc(-c3ccc(C)cc3)cs2)cc1. The van der Waals surface area contributed by atoms with Crippen LogP contribution in [0.2, 0.25) is 0 Å². The Kier molecular flexibility index (Phi) is 6.98. The Morgan fingerprint density at radius 1 is 1.14 bits per heavy atom. The molecule has 0 saturated carbocycles. The van der Waals surface area contributed by atoms with Gasteiger partial charge in [-0.05, 0) is 37.1 Å². The summed E-state index contributed by atoms with van der Waals surface area (Å²) in [5.41, 5.74) is 4.05. The first kappa shape index (κ1) is 19.8. The Morgan fingerprint density at radius 3 is 2.61 bits per heavy atom. The molecule has 28 heavy (non-hydrogen) atoms. The molecule has 1 N–H and O–H groups in total. The van der Waals surface area contributed by atoms with E-state index in [2.05, 4.69) is 36.3 Å². The highest BCUT2D eigenvalue weighted by molar-refractivity contribution is 7.14. The smallest absolute Gasteiger partial charge is 0.250 e. The topological polar surface area (TPSA) is 51.2 Å². The first-order chi connectivity index (χ1) is 13.6. The molecule has 1 aromatic heterocycles. The molecule has 3 rings (SSSR count). The van der Waals surface area contributed by atoms with E-state index in [0.29, 0.717) is 5.13 Å². The number of hydrogen-bond donors (Lipinski definition) is 1. The average molecular weight is 393 g/mol. The maximum absolute atomic E-state index is 12.2. The molecule has 0 unspecified atom stereocenters. The number of rotatable bonds is 8. The second kappa shape index (κ2) is 9.85. The summed E-state index contributed by atoms with van der Waals surface area (Å²) in [5, 5.41) is 5.35. The molecular formula is C23H24N2O2S. The van der Waals surface area contributed by atoms with Crippen molar-refractivity contribution in [3.63, 3.8) is 0 Å². The van der Waals surface area contributed by atoms with Crippen LogP contribution in [0.1, 0.15) is 30.9 Å². The molecule has 0 radical (unpaired) electrons. The van der Waals surface area contributed by atoms with Crippen LogP contribution in [-0.2, 0) is 4.79 Å². The first-order valence-corrected chi connectivity index (χ1v) is 10.3. The van der Waals surface area contributed by atoms with Crippen LogP contribution in [0, 0.1) is 6.92 Å². The maximum atomic E-state index is 12.2. The van der Waals surface area contributed by atoms with Crippen molar-refractivity contribution < 1.29 is 9.53 Å². The molecule has 2 aromatic carbocycles. The molecule has 1 heterocycles. The lowest BCUT2D eigenvalue weighted by molar-refractivity contribution is -0.111. The minimum Gasteiger partial charge on any atom is -0.494 e. The van der Waals surface area contributed by atoms with Gasteiger partial charge < -0.3 is 4.74 Å². The minimum atomic E-state index is -0.201. The largest absolute Gasteiger partial charge is 0.494 e. The summed E-state index contributed by atoms with van der Waals surface area (Å²) in [4.78, 5) is 16.7. The van der Waals surface area contributed by atoms with Gasteiger partial charge in [-0.15, -0.1) is 11.3 Å². The Balaban J connectivity index is 1.54. The summed E-state index contributed by atoms with van der Waals surface area (Å²) in [6.45, 7) is 4.92. The third kappa shape index (κ3) is 5.79. The fourth-order valence-electron chi connectivity index (χ4n) is 2.52. The van der Waals surface area contributed by atoms with Gasteiger partial charge in [-0.25, -0.2) is 4.98 Å². The van der Waals surface area contributed by atoms with Gasteiger partial charge in [-0.3, -0.25) is 10.1 Å². The van der Waals surface area contributed by atoms with Gasteiger partial charge in [0.25, 0.3) is 0 Å². The van der Waals surface area contributed by atoms with E-state index in [-0.39, 0.29) is 5.91 Å². The van der Waals surface area contributed by atoms with Crippen LogP contribution < -0.4 is 10.1 Å². The number of aryl methyl sites for hydroxylation is 1. The van der Waals surface area contributed by atoms with Crippen LogP contribution in [0.25, 0.3) is 17.3 Å². The van der Waals surface area contributed by atoms with Crippen molar-refractivity contribution in [2.75, 3.05) is 11.9 Å². The number of thiazole rings is 1. The molecule has 0 spiro atoms. The van der Waals surface area contributed by atoms with E-state index < -0.39 is 0 Å². The molecule has 1 amide bonds. The number of nitrogens with one attached hydrogen (secondary N) is 1. The molecule has 0 atom stereocenters. The minimum absolute atomic E-state index is 0.201. The van der Waals surface area contributed by atoms with Gasteiger partial charge in [-0.1, -0.05) is 55.3 Å². The second-order valence-electron chi connectivity index (χ2n) is 6.50. The summed E-state index contributed by atoms with van der Waals surface area (Å²) in [6.07, 6.45) is 5.45. The third-order valence-electron chi connectivity index (χ3n) is 4.16. The number of aromatic nitrogens is 1. The Bertz CT molecular complexity index is 928. The standard InChI is InChI=1S/C23H24N2O2S/c1-3-4-15-27-20-12-7-18(8-13-20)9-14-22(26)25-23-24-21(16-28-23)19-10-5-17(2)6-11-19/h5-14,16H,3-4,15H2,1-2H3,(H,24,25,26)/b14-9+. The number of carbonyl (C=O) groups excluding carboxylic acids is 1. The predicted molar refractivity (Wildman–Crippen MR) is 117 cm³/mol. The molecule has 5 heteroatoms. The molecular weight excluding hydrogens is 368 g/mol. The van der Waals surface area contributed by atoms with E-state index >= 15 is 0 Å². The fourth-order valence-corrected chi connectivity index (χ4v) is 3.24. The van der Waals surface area contributed by atoms with Gasteiger partial charge in [0.05, 0.1) is 12.3 Å². The number of carbonyl (C=O) groups is 1. The highest BCUT2D eigenvalue weighted by Crippen LogP contribution is 2.25. The van der Waals surface area contributed by atoms with Crippen molar-refractivity contribution in [3.05, 3.63) is 71.1 Å². The number of ether oxygens (including phenoxy) is 1. The fraction of sp³-hybridized carbons (Fsp3) is 0.217. The van der Waals surface area contributed by atoms with Crippen LogP contribution in [0.4, 0.5) is 5.13 Å². The maximum Gasteiger partial charge on any atom is 0.250 e. The lowest BCUT2D eigenvalue weighted by atomic mass is 10.1. The number of nitrogens with zero attached hydrogens (tertiary/aromatic N) is 1. The van der Waals surface area contributed by atoms with Crippen molar-refractivity contribution >= 4 is 28.5 Å². The number of hydrogen-bond acceptors (Lipinski definition) is 4. The average Bonchev–Trinajstić information content (AvgIpc) is 3.16. The van der Waals surface area contributed by atoms with Crippen LogP contribution in [0.3, 0.4) is 0 Å². The predicted octanol–water partition coefficient (Wildman–Crippen LogP) is 5.95. The van der Waals surface area contributed by atoms with Gasteiger partial charge in [0.15, 0.2) is 5.13 Å². The number of unbranched alkanes of at least 4 members (excludes halogenated alkanes) is 1. The van der Waals surface area contributed by atoms with Gasteiger partial charge in [0.1, 0.15) is 5.75 Å². The quantitative estimate of drug-likeness (QED) is 0.381. The van der Waals surface area contributed by atoms with E-state index in [0.717, 1.165) is 42.0 Å². The van der Waals surface area contributed by atoms with Gasteiger partial charge in [0.2, 0.25) is 5.91 Å². The zero-order valence-electron chi connectivity index (χ0n) is 16.1. The second-order valence-corrected chi connectivity index (χ2v) is 7.36. The molecule has 4 nitrogen and oxygen atoms in total. The summed E-state index contributed by atoms with van der Waals surface area (Å²) in [7, 11) is 0.